The van der Waals surface area contributed by atoms with Crippen molar-refractivity contribution in [2.24, 2.45) is 0 Å². The second-order valence-electron chi connectivity index (χ2n) is 3.06. The van der Waals surface area contributed by atoms with Gasteiger partial charge in [0.15, 0.2) is 0 Å². The first kappa shape index (κ1) is 13.4. The quantitative estimate of drug-likeness (QED) is 0.428. The largest absolute Gasteiger partial charge is 0.0928 e. The van der Waals surface area contributed by atoms with E-state index >= 15 is 0 Å². The fourth-order valence-electron chi connectivity index (χ4n) is 1.01. The summed E-state index contributed by atoms with van der Waals surface area (Å²) in [5, 5.41) is 1.15. The molecule has 0 spiro atoms. The van der Waals surface area contributed by atoms with E-state index in [4.69, 9.17) is 0 Å². The zero-order valence-electron chi connectivity index (χ0n) is 7.58. The lowest BCUT2D eigenvalue weighted by atomic mass is 10.1. The first-order chi connectivity index (χ1) is 5.62. The van der Waals surface area contributed by atoms with Crippen molar-refractivity contribution in [3.05, 3.63) is 0 Å². The van der Waals surface area contributed by atoms with Gasteiger partial charge in [-0.15, -0.1) is 0 Å². The van der Waals surface area contributed by atoms with E-state index in [0.717, 1.165) is 11.8 Å². The molecule has 0 aliphatic heterocycles. The highest BCUT2D eigenvalue weighted by Gasteiger charge is 2.18. The molecule has 0 bridgehead atoms. The molecule has 0 aromatic rings. The van der Waals surface area contributed by atoms with Gasteiger partial charge >= 0.3 is 0 Å². The lowest BCUT2D eigenvalue weighted by Crippen LogP contribution is -2.08. The maximum absolute atomic E-state index is 3.66. The van der Waals surface area contributed by atoms with Crippen molar-refractivity contribution in [1.29, 1.82) is 0 Å². The van der Waals surface area contributed by atoms with Gasteiger partial charge in [-0.05, 0) is 19.3 Å². The molecule has 0 N–H and O–H groups in total. The first-order valence-electron chi connectivity index (χ1n) is 4.56. The third kappa shape index (κ3) is 8.06. The van der Waals surface area contributed by atoms with Crippen LogP contribution in [0.3, 0.4) is 0 Å². The van der Waals surface area contributed by atoms with Gasteiger partial charge in [0.25, 0.3) is 0 Å². The minimum Gasteiger partial charge on any atom is -0.0928 e. The molecule has 0 aliphatic rings. The standard InChI is InChI=1S/C9H17Br3/c1-2-9(11,12)7-5-3-4-6-8-10/h2-8H2,1H3. The Balaban J connectivity index is 3.19. The van der Waals surface area contributed by atoms with Gasteiger partial charge in [-0.1, -0.05) is 74.0 Å². The molecule has 0 saturated heterocycles. The Morgan fingerprint density at radius 1 is 1.00 bits per heavy atom. The third-order valence-corrected chi connectivity index (χ3v) is 4.42. The molecule has 0 aliphatic carbocycles. The van der Waals surface area contributed by atoms with Crippen LogP contribution in [0, 0.1) is 0 Å². The Labute approximate surface area is 101 Å². The van der Waals surface area contributed by atoms with Gasteiger partial charge in [0.1, 0.15) is 0 Å². The highest BCUT2D eigenvalue weighted by molar-refractivity contribution is 9.25. The number of alkyl halides is 3. The first-order valence-corrected chi connectivity index (χ1v) is 7.27. The highest BCUT2D eigenvalue weighted by Crippen LogP contribution is 2.35. The number of rotatable bonds is 7. The minimum atomic E-state index is 0.203. The number of hydrogen-bond acceptors (Lipinski definition) is 0. The van der Waals surface area contributed by atoms with Crippen LogP contribution in [0.4, 0.5) is 0 Å². The van der Waals surface area contributed by atoms with Crippen LogP contribution in [0.15, 0.2) is 0 Å². The van der Waals surface area contributed by atoms with Gasteiger partial charge in [-0.25, -0.2) is 0 Å². The van der Waals surface area contributed by atoms with Crippen LogP contribution in [-0.2, 0) is 0 Å². The summed E-state index contributed by atoms with van der Waals surface area (Å²) in [6, 6.07) is 0. The van der Waals surface area contributed by atoms with E-state index in [1.54, 1.807) is 0 Å². The third-order valence-electron chi connectivity index (χ3n) is 1.94. The Morgan fingerprint density at radius 2 is 1.58 bits per heavy atom. The van der Waals surface area contributed by atoms with Crippen molar-refractivity contribution >= 4 is 47.8 Å². The second-order valence-corrected chi connectivity index (χ2v) is 7.96. The van der Waals surface area contributed by atoms with Crippen molar-refractivity contribution in [2.45, 2.75) is 48.7 Å². The summed E-state index contributed by atoms with van der Waals surface area (Å²) in [6.07, 6.45) is 7.70. The zero-order valence-corrected chi connectivity index (χ0v) is 12.3. The van der Waals surface area contributed by atoms with Gasteiger partial charge in [-0.2, -0.15) is 0 Å². The van der Waals surface area contributed by atoms with Crippen LogP contribution in [0.2, 0.25) is 0 Å². The van der Waals surface area contributed by atoms with E-state index in [9.17, 15) is 0 Å². The molecule has 0 aromatic heterocycles. The highest BCUT2D eigenvalue weighted by atomic mass is 79.9. The summed E-state index contributed by atoms with van der Waals surface area (Å²) in [4.78, 5) is 0. The molecular weight excluding hydrogens is 348 g/mol. The Bertz CT molecular complexity index is 102. The Kier molecular flexibility index (Phi) is 8.74. The van der Waals surface area contributed by atoms with Crippen LogP contribution < -0.4 is 0 Å². The summed E-state index contributed by atoms with van der Waals surface area (Å²) >= 11 is 10.8. The van der Waals surface area contributed by atoms with E-state index < -0.39 is 0 Å². The predicted molar refractivity (Wildman–Crippen MR) is 67.8 cm³/mol. The SMILES string of the molecule is CCC(Br)(Br)CCCCCCBr. The van der Waals surface area contributed by atoms with Gasteiger partial charge < -0.3 is 0 Å². The zero-order chi connectivity index (χ0) is 9.45. The fraction of sp³-hybridized carbons (Fsp3) is 1.00. The normalized spacial score (nSPS) is 12.0. The maximum atomic E-state index is 3.66. The molecule has 0 atom stereocenters. The molecule has 0 radical (unpaired) electrons. The van der Waals surface area contributed by atoms with Crippen molar-refractivity contribution in [2.75, 3.05) is 5.33 Å². The van der Waals surface area contributed by atoms with Crippen molar-refractivity contribution < 1.29 is 0 Å². The molecule has 74 valence electrons. The average molecular weight is 365 g/mol. The van der Waals surface area contributed by atoms with Gasteiger partial charge in [0.2, 0.25) is 0 Å². The second kappa shape index (κ2) is 7.81. The monoisotopic (exact) mass is 362 g/mol. The molecular formula is C9H17Br3. The van der Waals surface area contributed by atoms with Crippen LogP contribution in [-0.4, -0.2) is 8.56 Å². The molecule has 0 fully saturated rings. The molecule has 0 rings (SSSR count). The average Bonchev–Trinajstić information content (AvgIpc) is 2.04. The number of halogens is 3. The lowest BCUT2D eigenvalue weighted by molar-refractivity contribution is 0.602. The van der Waals surface area contributed by atoms with Crippen molar-refractivity contribution in [3.63, 3.8) is 0 Å². The molecule has 0 heterocycles. The number of hydrogen-bond donors (Lipinski definition) is 0. The van der Waals surface area contributed by atoms with E-state index in [1.807, 2.05) is 0 Å². The Morgan fingerprint density at radius 3 is 2.08 bits per heavy atom. The molecule has 0 unspecified atom stereocenters. The topological polar surface area (TPSA) is 0 Å². The molecule has 0 amide bonds. The summed E-state index contributed by atoms with van der Waals surface area (Å²) in [5.74, 6) is 0. The Hall–Kier alpha value is 1.44. The van der Waals surface area contributed by atoms with E-state index in [-0.39, 0.29) is 3.23 Å². The summed E-state index contributed by atoms with van der Waals surface area (Å²) < 4.78 is 0.203. The van der Waals surface area contributed by atoms with Crippen molar-refractivity contribution in [3.8, 4) is 0 Å². The van der Waals surface area contributed by atoms with Crippen LogP contribution in [0.5, 0.6) is 0 Å². The summed E-state index contributed by atoms with van der Waals surface area (Å²) in [7, 11) is 0. The van der Waals surface area contributed by atoms with Gasteiger partial charge in [0, 0.05) is 5.33 Å². The molecule has 0 nitrogen and oxygen atoms in total. The fourth-order valence-corrected chi connectivity index (χ4v) is 1.97. The molecule has 0 aromatic carbocycles. The van der Waals surface area contributed by atoms with E-state index in [1.165, 1.54) is 32.1 Å². The summed E-state index contributed by atoms with van der Waals surface area (Å²) in [6.45, 7) is 2.20. The molecule has 0 saturated carbocycles. The van der Waals surface area contributed by atoms with Gasteiger partial charge in [0.05, 0.1) is 3.23 Å². The predicted octanol–water partition coefficient (Wildman–Crippen LogP) is 5.23. The smallest absolute Gasteiger partial charge is 0.0803 e. The summed E-state index contributed by atoms with van der Waals surface area (Å²) in [5.41, 5.74) is 0. The van der Waals surface area contributed by atoms with Crippen LogP contribution in [0.1, 0.15) is 45.4 Å². The van der Waals surface area contributed by atoms with Crippen LogP contribution >= 0.6 is 47.8 Å². The van der Waals surface area contributed by atoms with Crippen LogP contribution in [0.25, 0.3) is 0 Å². The van der Waals surface area contributed by atoms with Crippen molar-refractivity contribution in [1.82, 2.24) is 0 Å². The van der Waals surface area contributed by atoms with E-state index in [0.29, 0.717) is 0 Å². The van der Waals surface area contributed by atoms with Gasteiger partial charge in [-0.3, -0.25) is 0 Å². The van der Waals surface area contributed by atoms with E-state index in [2.05, 4.69) is 54.7 Å². The maximum Gasteiger partial charge on any atom is 0.0803 e. The molecule has 12 heavy (non-hydrogen) atoms. The molecule has 3 heteroatoms. The lowest BCUT2D eigenvalue weighted by Gasteiger charge is -2.17. The number of unbranched alkanes of at least 4 members (excludes halogenated alkanes) is 3. The minimum absolute atomic E-state index is 0.203.